The molecule has 0 atom stereocenters. The second-order valence-electron chi connectivity index (χ2n) is 7.55. The van der Waals surface area contributed by atoms with Gasteiger partial charge >= 0.3 is 0 Å². The van der Waals surface area contributed by atoms with Crippen molar-refractivity contribution < 1.29 is 21.9 Å². The highest BCUT2D eigenvalue weighted by molar-refractivity contribution is 7.92. The summed E-state index contributed by atoms with van der Waals surface area (Å²) < 4.78 is 60.3. The van der Waals surface area contributed by atoms with Crippen LogP contribution in [0.4, 0.5) is 14.5 Å². The van der Waals surface area contributed by atoms with E-state index in [1.54, 1.807) is 37.7 Å². The van der Waals surface area contributed by atoms with Crippen LogP contribution in [0.2, 0.25) is 0 Å². The normalized spacial score (nSPS) is 11.5. The monoisotopic (exact) mass is 484 g/mol. The molecule has 0 aliphatic heterocycles. The lowest BCUT2D eigenvalue weighted by Gasteiger charge is -2.11. The van der Waals surface area contributed by atoms with Crippen LogP contribution in [0.1, 0.15) is 12.1 Å². The number of hydrogen-bond donors (Lipinski definition) is 2. The van der Waals surface area contributed by atoms with Gasteiger partial charge in [0.25, 0.3) is 10.0 Å². The number of aromatic nitrogens is 3. The van der Waals surface area contributed by atoms with E-state index in [2.05, 4.69) is 19.9 Å². The average molecular weight is 485 g/mol. The Hall–Kier alpha value is -3.63. The van der Waals surface area contributed by atoms with E-state index in [0.717, 1.165) is 41.8 Å². The number of pyridine rings is 1. The fraction of sp³-hybridized carbons (Fsp3) is 0.167. The van der Waals surface area contributed by atoms with Crippen molar-refractivity contribution in [3.8, 4) is 22.4 Å². The predicted molar refractivity (Wildman–Crippen MR) is 125 cm³/mol. The first-order valence-corrected chi connectivity index (χ1v) is 11.9. The third-order valence-electron chi connectivity index (χ3n) is 5.13. The van der Waals surface area contributed by atoms with E-state index >= 15 is 0 Å². The molecule has 0 saturated heterocycles. The van der Waals surface area contributed by atoms with Crippen LogP contribution >= 0.6 is 0 Å². The molecule has 0 amide bonds. The zero-order valence-corrected chi connectivity index (χ0v) is 19.1. The summed E-state index contributed by atoms with van der Waals surface area (Å²) in [6.07, 6.45) is 5.02. The summed E-state index contributed by atoms with van der Waals surface area (Å²) in [6, 6.07) is 12.7. The van der Waals surface area contributed by atoms with Crippen LogP contribution in [0.5, 0.6) is 0 Å². The van der Waals surface area contributed by atoms with Gasteiger partial charge in [0.2, 0.25) is 0 Å². The van der Waals surface area contributed by atoms with Crippen LogP contribution in [0.3, 0.4) is 0 Å². The molecule has 2 aromatic carbocycles. The van der Waals surface area contributed by atoms with E-state index in [4.69, 9.17) is 4.74 Å². The van der Waals surface area contributed by atoms with Crippen LogP contribution < -0.4 is 4.72 Å². The minimum absolute atomic E-state index is 0.191. The van der Waals surface area contributed by atoms with Crippen LogP contribution in [-0.2, 0) is 21.2 Å². The molecule has 2 N–H and O–H groups in total. The molecule has 0 bridgehead atoms. The number of nitrogens with zero attached hydrogens (tertiary/aromatic N) is 2. The molecular weight excluding hydrogens is 462 g/mol. The number of anilines is 1. The standard InChI is InChI=1S/C24H22F2N4O3S/c1-33-11-3-6-19-12-16(9-10-27-19)21-15-28-29-24(21)17-4-2-5-20(13-17)30-34(31,32)23-14-18(25)7-8-22(23)26/h2,4-5,7-10,12-15,30H,3,6,11H2,1H3,(H,28,29). The molecule has 176 valence electrons. The van der Waals surface area contributed by atoms with E-state index in [-0.39, 0.29) is 5.69 Å². The van der Waals surface area contributed by atoms with Crippen molar-refractivity contribution in [2.24, 2.45) is 0 Å². The van der Waals surface area contributed by atoms with E-state index < -0.39 is 26.6 Å². The van der Waals surface area contributed by atoms with Gasteiger partial charge in [-0.1, -0.05) is 12.1 Å². The minimum Gasteiger partial charge on any atom is -0.385 e. The van der Waals surface area contributed by atoms with Gasteiger partial charge in [0.05, 0.1) is 11.9 Å². The van der Waals surface area contributed by atoms with Gasteiger partial charge in [-0.15, -0.1) is 0 Å². The fourth-order valence-electron chi connectivity index (χ4n) is 3.54. The predicted octanol–water partition coefficient (Wildman–Crippen LogP) is 4.80. The smallest absolute Gasteiger partial charge is 0.264 e. The Morgan fingerprint density at radius 3 is 2.74 bits per heavy atom. The molecular formula is C24H22F2N4O3S. The van der Waals surface area contributed by atoms with E-state index in [1.165, 1.54) is 6.07 Å². The first-order chi connectivity index (χ1) is 16.4. The van der Waals surface area contributed by atoms with Gasteiger partial charge in [-0.2, -0.15) is 5.10 Å². The number of sulfonamides is 1. The van der Waals surface area contributed by atoms with Crippen LogP contribution in [0.15, 0.2) is 71.9 Å². The molecule has 0 fully saturated rings. The quantitative estimate of drug-likeness (QED) is 0.333. The zero-order valence-electron chi connectivity index (χ0n) is 18.3. The van der Waals surface area contributed by atoms with Crippen molar-refractivity contribution in [2.75, 3.05) is 18.4 Å². The zero-order chi connectivity index (χ0) is 24.1. The summed E-state index contributed by atoms with van der Waals surface area (Å²) in [5.41, 5.74) is 4.15. The molecule has 4 aromatic rings. The second kappa shape index (κ2) is 10.1. The third kappa shape index (κ3) is 5.29. The topological polar surface area (TPSA) is 97.0 Å². The maximum Gasteiger partial charge on any atom is 0.264 e. The maximum absolute atomic E-state index is 14.0. The van der Waals surface area contributed by atoms with E-state index in [9.17, 15) is 17.2 Å². The summed E-state index contributed by atoms with van der Waals surface area (Å²) in [5.74, 6) is -1.89. The van der Waals surface area contributed by atoms with Crippen molar-refractivity contribution in [2.45, 2.75) is 17.7 Å². The highest BCUT2D eigenvalue weighted by atomic mass is 32.2. The number of rotatable bonds is 9. The fourth-order valence-corrected chi connectivity index (χ4v) is 4.68. The number of aryl methyl sites for hydroxylation is 1. The van der Waals surface area contributed by atoms with Crippen LogP contribution in [-0.4, -0.2) is 37.3 Å². The molecule has 0 saturated carbocycles. The van der Waals surface area contributed by atoms with Crippen molar-refractivity contribution in [1.29, 1.82) is 0 Å². The third-order valence-corrected chi connectivity index (χ3v) is 6.53. The Kier molecular flexibility index (Phi) is 6.99. The van der Waals surface area contributed by atoms with Crippen molar-refractivity contribution in [1.82, 2.24) is 15.2 Å². The van der Waals surface area contributed by atoms with E-state index in [0.29, 0.717) is 23.9 Å². The van der Waals surface area contributed by atoms with Crippen LogP contribution in [0, 0.1) is 11.6 Å². The van der Waals surface area contributed by atoms with Gasteiger partial charge in [-0.25, -0.2) is 17.2 Å². The number of nitrogens with one attached hydrogen (secondary N) is 2. The van der Waals surface area contributed by atoms with Crippen molar-refractivity contribution >= 4 is 15.7 Å². The van der Waals surface area contributed by atoms with Gasteiger partial charge in [0.1, 0.15) is 16.5 Å². The summed E-state index contributed by atoms with van der Waals surface area (Å²) in [5, 5.41) is 7.11. The van der Waals surface area contributed by atoms with Crippen molar-refractivity contribution in [3.05, 3.63) is 84.3 Å². The molecule has 0 unspecified atom stereocenters. The number of H-pyrrole nitrogens is 1. The summed E-state index contributed by atoms with van der Waals surface area (Å²) in [6.45, 7) is 0.644. The lowest BCUT2D eigenvalue weighted by Crippen LogP contribution is -2.15. The largest absolute Gasteiger partial charge is 0.385 e. The van der Waals surface area contributed by atoms with Crippen molar-refractivity contribution in [3.63, 3.8) is 0 Å². The highest BCUT2D eigenvalue weighted by Gasteiger charge is 2.21. The minimum atomic E-state index is -4.34. The first-order valence-electron chi connectivity index (χ1n) is 10.4. The summed E-state index contributed by atoms with van der Waals surface area (Å²) >= 11 is 0. The molecule has 4 rings (SSSR count). The first kappa shape index (κ1) is 23.5. The Bertz CT molecular complexity index is 1410. The Morgan fingerprint density at radius 2 is 1.91 bits per heavy atom. The van der Waals surface area contributed by atoms with Gasteiger partial charge < -0.3 is 4.74 Å². The molecule has 0 radical (unpaired) electrons. The number of ether oxygens (including phenoxy) is 1. The highest BCUT2D eigenvalue weighted by Crippen LogP contribution is 2.32. The Morgan fingerprint density at radius 1 is 1.06 bits per heavy atom. The van der Waals surface area contributed by atoms with Gasteiger partial charge in [-0.3, -0.25) is 14.8 Å². The number of halogens is 2. The maximum atomic E-state index is 14.0. The molecule has 0 aliphatic carbocycles. The molecule has 10 heteroatoms. The molecule has 2 heterocycles. The lowest BCUT2D eigenvalue weighted by molar-refractivity contribution is 0.195. The number of benzene rings is 2. The van der Waals surface area contributed by atoms with Crippen LogP contribution in [0.25, 0.3) is 22.4 Å². The lowest BCUT2D eigenvalue weighted by atomic mass is 10.0. The number of aromatic amines is 1. The van der Waals surface area contributed by atoms with Gasteiger partial charge in [-0.05, 0) is 60.9 Å². The SMILES string of the molecule is COCCCc1cc(-c2cn[nH]c2-c2cccc(NS(=O)(=O)c3cc(F)ccc3F)c2)ccn1. The molecule has 2 aromatic heterocycles. The molecule has 7 nitrogen and oxygen atoms in total. The summed E-state index contributed by atoms with van der Waals surface area (Å²) in [4.78, 5) is 3.63. The molecule has 0 aliphatic rings. The Balaban J connectivity index is 1.62. The van der Waals surface area contributed by atoms with E-state index in [1.807, 2.05) is 12.1 Å². The summed E-state index contributed by atoms with van der Waals surface area (Å²) in [7, 11) is -2.68. The molecule has 0 spiro atoms. The second-order valence-corrected chi connectivity index (χ2v) is 9.20. The number of hydrogen-bond acceptors (Lipinski definition) is 5. The number of methoxy groups -OCH3 is 1. The molecule has 34 heavy (non-hydrogen) atoms. The Labute approximate surface area is 195 Å². The average Bonchev–Trinajstić information content (AvgIpc) is 3.31. The van der Waals surface area contributed by atoms with Gasteiger partial charge in [0.15, 0.2) is 0 Å². The van der Waals surface area contributed by atoms with Gasteiger partial charge in [0, 0.05) is 42.4 Å².